The smallest absolute Gasteiger partial charge is 0.233 e. The number of thiazole rings is 1. The van der Waals surface area contributed by atoms with Crippen LogP contribution in [0.3, 0.4) is 0 Å². The molecule has 30 heavy (non-hydrogen) atoms. The summed E-state index contributed by atoms with van der Waals surface area (Å²) in [4.78, 5) is 17.1. The predicted molar refractivity (Wildman–Crippen MR) is 113 cm³/mol. The van der Waals surface area contributed by atoms with Gasteiger partial charge in [-0.2, -0.15) is 4.39 Å². The third-order valence-corrected chi connectivity index (χ3v) is 9.19. The number of rotatable bonds is 7. The Kier molecular flexibility index (Phi) is 6.22. The number of nitrogens with zero attached hydrogens (tertiary/aromatic N) is 1. The van der Waals surface area contributed by atoms with Crippen molar-refractivity contribution in [3.05, 3.63) is 41.2 Å². The summed E-state index contributed by atoms with van der Waals surface area (Å²) in [6, 6.07) is 6.55. The molecule has 0 bridgehead atoms. The zero-order valence-corrected chi connectivity index (χ0v) is 18.1. The van der Waals surface area contributed by atoms with Crippen LogP contribution in [0.4, 0.5) is 9.52 Å². The maximum atomic E-state index is 13.2. The fraction of sp³-hybridized carbons (Fsp3) is 0.524. The highest BCUT2D eigenvalue weighted by atomic mass is 32.2. The first-order valence-corrected chi connectivity index (χ1v) is 12.6. The summed E-state index contributed by atoms with van der Waals surface area (Å²) >= 11 is 0.761. The van der Waals surface area contributed by atoms with Gasteiger partial charge in [-0.25, -0.2) is 13.4 Å². The molecule has 2 unspecified atom stereocenters. The second-order valence-electron chi connectivity index (χ2n) is 8.25. The molecular formula is C21H25FN2O4S2. The fourth-order valence-electron chi connectivity index (χ4n) is 4.26. The van der Waals surface area contributed by atoms with Crippen molar-refractivity contribution in [3.63, 3.8) is 0 Å². The van der Waals surface area contributed by atoms with Crippen molar-refractivity contribution >= 4 is 32.2 Å². The largest absolute Gasteiger partial charge is 0.393 e. The molecule has 162 valence electrons. The van der Waals surface area contributed by atoms with Gasteiger partial charge in [-0.3, -0.25) is 4.79 Å². The Labute approximate surface area is 179 Å². The number of aromatic nitrogens is 1. The second-order valence-corrected chi connectivity index (χ2v) is 11.5. The molecular weight excluding hydrogens is 427 g/mol. The van der Waals surface area contributed by atoms with Crippen LogP contribution in [0, 0.1) is 11.0 Å². The topological polar surface area (TPSA) is 96.4 Å². The van der Waals surface area contributed by atoms with Gasteiger partial charge in [0.2, 0.25) is 5.91 Å². The Morgan fingerprint density at radius 3 is 2.50 bits per heavy atom. The molecule has 1 aromatic carbocycles. The maximum Gasteiger partial charge on any atom is 0.233 e. The van der Waals surface area contributed by atoms with E-state index < -0.39 is 20.9 Å². The zero-order chi connectivity index (χ0) is 21.3. The van der Waals surface area contributed by atoms with Crippen LogP contribution >= 0.6 is 11.3 Å². The normalized spacial score (nSPS) is 23.1. The summed E-state index contributed by atoms with van der Waals surface area (Å²) in [5.74, 6) is -0.643. The van der Waals surface area contributed by atoms with Crippen LogP contribution in [0.1, 0.15) is 56.4 Å². The summed E-state index contributed by atoms with van der Waals surface area (Å²) in [5, 5.41) is 11.9. The minimum atomic E-state index is -3.32. The molecule has 2 saturated carbocycles. The molecule has 2 aromatic rings. The van der Waals surface area contributed by atoms with E-state index in [4.69, 9.17) is 0 Å². The van der Waals surface area contributed by atoms with E-state index in [9.17, 15) is 22.7 Å². The lowest BCUT2D eigenvalue weighted by Gasteiger charge is -2.25. The molecule has 2 fully saturated rings. The molecule has 0 aliphatic heterocycles. The highest BCUT2D eigenvalue weighted by Gasteiger charge is 2.33. The third kappa shape index (κ3) is 4.58. The number of halogens is 1. The van der Waals surface area contributed by atoms with E-state index in [0.717, 1.165) is 36.8 Å². The number of carbonyl (C=O) groups excluding carboxylic acids is 1. The van der Waals surface area contributed by atoms with Crippen LogP contribution in [-0.4, -0.2) is 35.8 Å². The van der Waals surface area contributed by atoms with E-state index in [-0.39, 0.29) is 33.2 Å². The van der Waals surface area contributed by atoms with Gasteiger partial charge in [0.1, 0.15) is 0 Å². The molecule has 9 heteroatoms. The number of hydrogen-bond donors (Lipinski definition) is 2. The fourth-order valence-corrected chi connectivity index (χ4v) is 6.66. The molecule has 2 aliphatic rings. The Bertz CT molecular complexity index is 1000. The van der Waals surface area contributed by atoms with Gasteiger partial charge in [0, 0.05) is 0 Å². The summed E-state index contributed by atoms with van der Waals surface area (Å²) in [6.45, 7) is 0. The molecule has 1 heterocycles. The van der Waals surface area contributed by atoms with Crippen molar-refractivity contribution in [2.45, 2.75) is 67.1 Å². The van der Waals surface area contributed by atoms with Crippen LogP contribution in [-0.2, 0) is 14.6 Å². The van der Waals surface area contributed by atoms with Crippen molar-refractivity contribution in [2.24, 2.45) is 5.92 Å². The average molecular weight is 453 g/mol. The molecule has 1 amide bonds. The van der Waals surface area contributed by atoms with Gasteiger partial charge in [-0.05, 0) is 62.1 Å². The number of carbonyl (C=O) groups is 1. The quantitative estimate of drug-likeness (QED) is 0.665. The Hall–Kier alpha value is -1.84. The minimum absolute atomic E-state index is 0.193. The number of amides is 1. The number of nitrogens with one attached hydrogen (secondary N) is 1. The van der Waals surface area contributed by atoms with Gasteiger partial charge in [-0.15, -0.1) is 0 Å². The Morgan fingerprint density at radius 2 is 1.97 bits per heavy atom. The van der Waals surface area contributed by atoms with Gasteiger partial charge in [0.15, 0.2) is 20.1 Å². The van der Waals surface area contributed by atoms with Crippen LogP contribution in [0.5, 0.6) is 0 Å². The van der Waals surface area contributed by atoms with Crippen molar-refractivity contribution in [1.29, 1.82) is 0 Å². The van der Waals surface area contributed by atoms with Gasteiger partial charge in [0.25, 0.3) is 0 Å². The molecule has 0 spiro atoms. The summed E-state index contributed by atoms with van der Waals surface area (Å²) in [7, 11) is -3.32. The van der Waals surface area contributed by atoms with Crippen LogP contribution in [0.2, 0.25) is 0 Å². The third-order valence-electron chi connectivity index (χ3n) is 6.21. The van der Waals surface area contributed by atoms with Crippen molar-refractivity contribution < 1.29 is 22.7 Å². The van der Waals surface area contributed by atoms with Crippen LogP contribution in [0.25, 0.3) is 0 Å². The van der Waals surface area contributed by atoms with Gasteiger partial charge < -0.3 is 10.4 Å². The molecule has 1 aromatic heterocycles. The lowest BCUT2D eigenvalue weighted by atomic mass is 9.87. The van der Waals surface area contributed by atoms with E-state index in [1.807, 2.05) is 0 Å². The zero-order valence-electron chi connectivity index (χ0n) is 16.5. The van der Waals surface area contributed by atoms with Gasteiger partial charge in [-0.1, -0.05) is 29.9 Å². The lowest BCUT2D eigenvalue weighted by molar-refractivity contribution is -0.118. The highest BCUT2D eigenvalue weighted by Crippen LogP contribution is 2.36. The molecule has 2 N–H and O–H groups in total. The van der Waals surface area contributed by atoms with E-state index in [0.29, 0.717) is 31.2 Å². The molecule has 6 nitrogen and oxygen atoms in total. The average Bonchev–Trinajstić information content (AvgIpc) is 3.25. The summed E-state index contributed by atoms with van der Waals surface area (Å²) in [6.07, 6.45) is 5.78. The van der Waals surface area contributed by atoms with Gasteiger partial charge in [0.05, 0.1) is 28.4 Å². The number of anilines is 1. The lowest BCUT2D eigenvalue weighted by Crippen LogP contribution is -2.28. The summed E-state index contributed by atoms with van der Waals surface area (Å²) < 4.78 is 38.5. The Balaban J connectivity index is 1.55. The molecule has 2 aliphatic carbocycles. The monoisotopic (exact) mass is 452 g/mol. The van der Waals surface area contributed by atoms with Gasteiger partial charge >= 0.3 is 0 Å². The molecule has 0 saturated heterocycles. The number of hydrogen-bond acceptors (Lipinski definition) is 6. The second kappa shape index (κ2) is 8.72. The van der Waals surface area contributed by atoms with E-state index >= 15 is 0 Å². The first-order valence-electron chi connectivity index (χ1n) is 10.3. The highest BCUT2D eigenvalue weighted by molar-refractivity contribution is 7.92. The van der Waals surface area contributed by atoms with Crippen LogP contribution < -0.4 is 5.32 Å². The molecule has 3 atom stereocenters. The van der Waals surface area contributed by atoms with Crippen molar-refractivity contribution in [3.8, 4) is 0 Å². The minimum Gasteiger partial charge on any atom is -0.393 e. The van der Waals surface area contributed by atoms with E-state index in [2.05, 4.69) is 10.3 Å². The maximum absolute atomic E-state index is 13.2. The van der Waals surface area contributed by atoms with E-state index in [1.165, 1.54) is 0 Å². The number of benzene rings is 1. The number of aliphatic hydroxyl groups is 1. The SMILES string of the molecule is O=C(Nc1ncc(F)s1)[C@H](CC1CCC(O)C1)c1ccc(S(=O)(=O)C2CCC2)cc1. The summed E-state index contributed by atoms with van der Waals surface area (Å²) in [5.41, 5.74) is 0.707. The van der Waals surface area contributed by atoms with E-state index in [1.54, 1.807) is 24.3 Å². The van der Waals surface area contributed by atoms with Crippen molar-refractivity contribution in [1.82, 2.24) is 4.98 Å². The standard InChI is InChI=1S/C21H25FN2O4S2/c22-19-12-23-21(29-19)24-20(26)18(11-13-4-7-15(25)10-13)14-5-8-17(9-6-14)30(27,28)16-2-1-3-16/h5-6,8-9,12-13,15-16,18,25H,1-4,7,10-11H2,(H,23,24,26)/t13?,15?,18-/m1/s1. The molecule has 0 radical (unpaired) electrons. The Morgan fingerprint density at radius 1 is 1.23 bits per heavy atom. The first kappa shape index (κ1) is 21.4. The first-order chi connectivity index (χ1) is 14.3. The molecule has 4 rings (SSSR count). The number of sulfone groups is 1. The van der Waals surface area contributed by atoms with Crippen LogP contribution in [0.15, 0.2) is 35.4 Å². The predicted octanol–water partition coefficient (Wildman–Crippen LogP) is 3.88. The number of aliphatic hydroxyl groups excluding tert-OH is 1. The van der Waals surface area contributed by atoms with Crippen molar-refractivity contribution in [2.75, 3.05) is 5.32 Å².